The Morgan fingerprint density at radius 1 is 1.13 bits per heavy atom. The third kappa shape index (κ3) is 1.67. The van der Waals surface area contributed by atoms with Gasteiger partial charge in [0.1, 0.15) is 0 Å². The number of nitrogens with one attached hydrogen (secondary N) is 2. The molecule has 1 aromatic carbocycles. The Balaban J connectivity index is 2.46. The highest BCUT2D eigenvalue weighted by atomic mass is 16.3. The zero-order valence-electron chi connectivity index (χ0n) is 7.65. The highest BCUT2D eigenvalue weighted by Crippen LogP contribution is 2.13. The number of H-pyrrole nitrogens is 2. The topological polar surface area (TPSA) is 86.0 Å². The number of benzene rings is 1. The van der Waals surface area contributed by atoms with Crippen molar-refractivity contribution >= 4 is 5.78 Å². The van der Waals surface area contributed by atoms with Crippen LogP contribution in [-0.4, -0.2) is 20.9 Å². The quantitative estimate of drug-likeness (QED) is 0.627. The van der Waals surface area contributed by atoms with Crippen molar-refractivity contribution in [2.24, 2.45) is 0 Å². The van der Waals surface area contributed by atoms with Gasteiger partial charge in [-0.05, 0) is 0 Å². The molecule has 0 aliphatic heterocycles. The standard InChI is InChI=1S/C10H8N2O3/c13-8(6-4-2-1-3-5-6)7-9(14)12-10(15)11-7/h1-5,14H,(H2,11,12,15). The zero-order chi connectivity index (χ0) is 10.8. The monoisotopic (exact) mass is 204 g/mol. The SMILES string of the molecule is O=C(c1ccccc1)c1[nH]c(=O)[nH]c1O. The molecule has 3 N–H and O–H groups in total. The number of ketones is 1. The Morgan fingerprint density at radius 2 is 1.80 bits per heavy atom. The number of imidazole rings is 1. The highest BCUT2D eigenvalue weighted by Gasteiger charge is 2.15. The Morgan fingerprint density at radius 3 is 2.33 bits per heavy atom. The van der Waals surface area contributed by atoms with Gasteiger partial charge in [0, 0.05) is 5.56 Å². The van der Waals surface area contributed by atoms with E-state index in [9.17, 15) is 14.7 Å². The molecule has 0 saturated heterocycles. The first-order chi connectivity index (χ1) is 7.18. The van der Waals surface area contributed by atoms with Crippen molar-refractivity contribution in [3.8, 4) is 5.88 Å². The maximum Gasteiger partial charge on any atom is 0.326 e. The molecule has 0 spiro atoms. The number of carbonyl (C=O) groups is 1. The third-order valence-corrected chi connectivity index (χ3v) is 1.97. The number of hydrogen-bond donors (Lipinski definition) is 3. The second kappa shape index (κ2) is 3.45. The molecular weight excluding hydrogens is 196 g/mol. The van der Waals surface area contributed by atoms with E-state index in [1.807, 2.05) is 0 Å². The second-order valence-corrected chi connectivity index (χ2v) is 3.00. The first-order valence-corrected chi connectivity index (χ1v) is 4.29. The summed E-state index contributed by atoms with van der Waals surface area (Å²) in [5.74, 6) is -0.861. The molecule has 1 heterocycles. The van der Waals surface area contributed by atoms with Crippen molar-refractivity contribution in [3.05, 3.63) is 52.1 Å². The summed E-state index contributed by atoms with van der Waals surface area (Å²) in [6.45, 7) is 0. The predicted octanol–water partition coefficient (Wildman–Crippen LogP) is 0.640. The van der Waals surface area contributed by atoms with Crippen LogP contribution in [0.5, 0.6) is 5.88 Å². The molecular formula is C10H8N2O3. The minimum Gasteiger partial charge on any atom is -0.493 e. The van der Waals surface area contributed by atoms with Gasteiger partial charge in [-0.25, -0.2) is 4.79 Å². The lowest BCUT2D eigenvalue weighted by atomic mass is 10.1. The molecule has 1 aromatic heterocycles. The van der Waals surface area contributed by atoms with Crippen molar-refractivity contribution in [1.29, 1.82) is 0 Å². The van der Waals surface area contributed by atoms with Gasteiger partial charge in [0.25, 0.3) is 0 Å². The number of rotatable bonds is 2. The van der Waals surface area contributed by atoms with Crippen LogP contribution in [0.25, 0.3) is 0 Å². The highest BCUT2D eigenvalue weighted by molar-refractivity contribution is 6.08. The minimum atomic E-state index is -0.605. The van der Waals surface area contributed by atoms with Crippen LogP contribution in [0.15, 0.2) is 35.1 Å². The first-order valence-electron chi connectivity index (χ1n) is 4.29. The molecule has 0 saturated carbocycles. The van der Waals surface area contributed by atoms with Gasteiger partial charge in [-0.1, -0.05) is 30.3 Å². The smallest absolute Gasteiger partial charge is 0.326 e. The fourth-order valence-electron chi connectivity index (χ4n) is 1.27. The van der Waals surface area contributed by atoms with Crippen molar-refractivity contribution < 1.29 is 9.90 Å². The van der Waals surface area contributed by atoms with E-state index in [4.69, 9.17) is 0 Å². The Hall–Kier alpha value is -2.30. The lowest BCUT2D eigenvalue weighted by Crippen LogP contribution is -2.06. The minimum absolute atomic E-state index is 0.119. The average molecular weight is 204 g/mol. The van der Waals surface area contributed by atoms with Crippen LogP contribution in [0.3, 0.4) is 0 Å². The van der Waals surface area contributed by atoms with Gasteiger partial charge in [-0.2, -0.15) is 0 Å². The lowest BCUT2D eigenvalue weighted by Gasteiger charge is -1.97. The van der Waals surface area contributed by atoms with E-state index in [0.29, 0.717) is 5.56 Å². The summed E-state index contributed by atoms with van der Waals surface area (Å²) >= 11 is 0. The Kier molecular flexibility index (Phi) is 2.13. The van der Waals surface area contributed by atoms with Gasteiger partial charge in [0.05, 0.1) is 0 Å². The number of aromatic hydroxyl groups is 1. The maximum absolute atomic E-state index is 11.7. The van der Waals surface area contributed by atoms with E-state index in [1.165, 1.54) is 0 Å². The van der Waals surface area contributed by atoms with Gasteiger partial charge in [-0.15, -0.1) is 0 Å². The fourth-order valence-corrected chi connectivity index (χ4v) is 1.27. The molecule has 0 aliphatic carbocycles. The normalized spacial score (nSPS) is 10.1. The molecule has 76 valence electrons. The van der Waals surface area contributed by atoms with Crippen LogP contribution in [-0.2, 0) is 0 Å². The van der Waals surface area contributed by atoms with Crippen LogP contribution in [0, 0.1) is 0 Å². The summed E-state index contributed by atoms with van der Waals surface area (Å²) in [6.07, 6.45) is 0. The molecule has 0 radical (unpaired) electrons. The van der Waals surface area contributed by atoms with E-state index in [1.54, 1.807) is 30.3 Å². The third-order valence-electron chi connectivity index (χ3n) is 1.97. The molecule has 0 aliphatic rings. The van der Waals surface area contributed by atoms with Crippen LogP contribution in [0.2, 0.25) is 0 Å². The number of carbonyl (C=O) groups excluding carboxylic acids is 1. The molecule has 0 atom stereocenters. The number of aromatic nitrogens is 2. The molecule has 2 rings (SSSR count). The molecule has 0 amide bonds. The van der Waals surface area contributed by atoms with E-state index in [-0.39, 0.29) is 5.69 Å². The van der Waals surface area contributed by atoms with E-state index < -0.39 is 17.4 Å². The molecule has 0 unspecified atom stereocenters. The number of aromatic amines is 2. The summed E-state index contributed by atoms with van der Waals surface area (Å²) in [5.41, 5.74) is -0.318. The van der Waals surface area contributed by atoms with Crippen molar-refractivity contribution in [1.82, 2.24) is 9.97 Å². The van der Waals surface area contributed by atoms with E-state index in [2.05, 4.69) is 9.97 Å². The summed E-state index contributed by atoms with van der Waals surface area (Å²) < 4.78 is 0. The van der Waals surface area contributed by atoms with Gasteiger partial charge in [0.15, 0.2) is 5.69 Å². The maximum atomic E-state index is 11.7. The molecule has 5 nitrogen and oxygen atoms in total. The summed E-state index contributed by atoms with van der Waals surface area (Å²) in [6, 6.07) is 8.39. The summed E-state index contributed by atoms with van der Waals surface area (Å²) in [7, 11) is 0. The molecule has 15 heavy (non-hydrogen) atoms. The largest absolute Gasteiger partial charge is 0.493 e. The molecule has 0 bridgehead atoms. The van der Waals surface area contributed by atoms with Gasteiger partial charge >= 0.3 is 5.69 Å². The van der Waals surface area contributed by atoms with Crippen LogP contribution in [0.1, 0.15) is 16.1 Å². The summed E-state index contributed by atoms with van der Waals surface area (Å²) in [4.78, 5) is 26.9. The van der Waals surface area contributed by atoms with Crippen LogP contribution in [0.4, 0.5) is 0 Å². The van der Waals surface area contributed by atoms with Crippen molar-refractivity contribution in [3.63, 3.8) is 0 Å². The van der Waals surface area contributed by atoms with E-state index in [0.717, 1.165) is 0 Å². The van der Waals surface area contributed by atoms with E-state index >= 15 is 0 Å². The molecule has 5 heteroatoms. The van der Waals surface area contributed by atoms with Crippen molar-refractivity contribution in [2.45, 2.75) is 0 Å². The molecule has 0 fully saturated rings. The van der Waals surface area contributed by atoms with Crippen LogP contribution < -0.4 is 5.69 Å². The van der Waals surface area contributed by atoms with Gasteiger partial charge < -0.3 is 5.11 Å². The van der Waals surface area contributed by atoms with Gasteiger partial charge in [-0.3, -0.25) is 14.8 Å². The summed E-state index contributed by atoms with van der Waals surface area (Å²) in [5, 5.41) is 9.26. The van der Waals surface area contributed by atoms with Gasteiger partial charge in [0.2, 0.25) is 11.7 Å². The average Bonchev–Trinajstić information content (AvgIpc) is 2.58. The lowest BCUT2D eigenvalue weighted by molar-refractivity contribution is 0.103. The first kappa shape index (κ1) is 9.26. The fraction of sp³-hybridized carbons (Fsp3) is 0. The Labute approximate surface area is 84.4 Å². The molecule has 2 aromatic rings. The van der Waals surface area contributed by atoms with Crippen molar-refractivity contribution in [2.75, 3.05) is 0 Å². The second-order valence-electron chi connectivity index (χ2n) is 3.00. The Bertz CT molecular complexity index is 539. The number of hydrogen-bond acceptors (Lipinski definition) is 3. The zero-order valence-corrected chi connectivity index (χ0v) is 7.65. The predicted molar refractivity (Wildman–Crippen MR) is 53.0 cm³/mol. The van der Waals surface area contributed by atoms with Crippen LogP contribution >= 0.6 is 0 Å².